The molecule has 0 rings (SSSR count). The summed E-state index contributed by atoms with van der Waals surface area (Å²) < 4.78 is 24.6. The molecule has 0 aromatic rings. The maximum Gasteiger partial charge on any atom is 0.182 e. The van der Waals surface area contributed by atoms with E-state index in [4.69, 9.17) is 0 Å². The van der Waals surface area contributed by atoms with Gasteiger partial charge in [-0.3, -0.25) is 10.1 Å². The number of likely N-dealkylation sites (N-methyl/N-ethyl adjacent to an activating group) is 1. The third kappa shape index (κ3) is 8.20. The molecule has 6 heteroatoms. The second-order valence-electron chi connectivity index (χ2n) is 5.28. The fraction of sp³-hybridized carbons (Fsp3) is 0.250. The van der Waals surface area contributed by atoms with E-state index in [9.17, 15) is 18.3 Å². The number of Topliss-reactive ketones (excluding diaryl/α,β-unsaturated/α-hetero) is 1. The fourth-order valence-corrected chi connectivity index (χ4v) is 3.20. The molecule has 1 unspecified atom stereocenters. The van der Waals surface area contributed by atoms with Crippen LogP contribution < -0.4 is 5.32 Å². The van der Waals surface area contributed by atoms with E-state index in [1.807, 2.05) is 0 Å². The smallest absolute Gasteiger partial charge is 0.182 e. The van der Waals surface area contributed by atoms with Gasteiger partial charge in [-0.25, -0.2) is 8.42 Å². The van der Waals surface area contributed by atoms with Gasteiger partial charge in [0.1, 0.15) is 6.23 Å². The number of rotatable bonds is 12. The highest BCUT2D eigenvalue weighted by atomic mass is 32.2. The molecule has 0 amide bonds. The van der Waals surface area contributed by atoms with Gasteiger partial charge >= 0.3 is 0 Å². The summed E-state index contributed by atoms with van der Waals surface area (Å²) in [4.78, 5) is 12.2. The first-order chi connectivity index (χ1) is 12.2. The van der Waals surface area contributed by atoms with Gasteiger partial charge in [-0.05, 0) is 25.6 Å². The van der Waals surface area contributed by atoms with Crippen LogP contribution in [0.5, 0.6) is 0 Å². The lowest BCUT2D eigenvalue weighted by atomic mass is 10.1. The second-order valence-corrected chi connectivity index (χ2v) is 7.27. The Balaban J connectivity index is 5.06. The Morgan fingerprint density at radius 3 is 2.42 bits per heavy atom. The van der Waals surface area contributed by atoms with Crippen molar-refractivity contribution in [3.63, 3.8) is 0 Å². The molecule has 0 aromatic heterocycles. The quantitative estimate of drug-likeness (QED) is 0.310. The average molecular weight is 378 g/mol. The van der Waals surface area contributed by atoms with E-state index in [1.54, 1.807) is 44.4 Å². The van der Waals surface area contributed by atoms with Crippen LogP contribution in [0.2, 0.25) is 0 Å². The first-order valence-electron chi connectivity index (χ1n) is 7.97. The zero-order chi connectivity index (χ0) is 20.2. The second kappa shape index (κ2) is 12.1. The summed E-state index contributed by atoms with van der Waals surface area (Å²) in [5.41, 5.74) is 0.517. The van der Waals surface area contributed by atoms with Gasteiger partial charge in [-0.2, -0.15) is 0 Å². The number of carbonyl (C=O) groups excluding carboxylic acids is 1. The number of nitrogens with one attached hydrogen (secondary N) is 1. The van der Waals surface area contributed by atoms with Crippen LogP contribution in [0.15, 0.2) is 84.4 Å². The highest BCUT2D eigenvalue weighted by Gasteiger charge is 2.19. The number of hydrogen-bond donors (Lipinski definition) is 2. The Hall–Kier alpha value is -2.28. The number of hydrogen-bond acceptors (Lipinski definition) is 5. The van der Waals surface area contributed by atoms with Crippen molar-refractivity contribution in [2.75, 3.05) is 12.8 Å². The standard InChI is InChI=1S/C20H27NO4S/c1-6-9-13-18(8-3)26(24,25)15-16(4)19(22)14-10-12-17(11-7-2)20(23)21-5/h6-13,20-21,23H,2-4,14-15H2,1,5H3/b9-6+,12-10-,17-11+,18-13+. The molecule has 26 heavy (non-hydrogen) atoms. The molecule has 0 aliphatic heterocycles. The summed E-state index contributed by atoms with van der Waals surface area (Å²) in [5, 5.41) is 12.4. The zero-order valence-corrected chi connectivity index (χ0v) is 16.1. The van der Waals surface area contributed by atoms with E-state index in [1.165, 1.54) is 18.2 Å². The fourth-order valence-electron chi connectivity index (χ4n) is 1.87. The molecule has 1 atom stereocenters. The number of allylic oxidation sites excluding steroid dienone is 7. The summed E-state index contributed by atoms with van der Waals surface area (Å²) in [7, 11) is -2.09. The first-order valence-corrected chi connectivity index (χ1v) is 9.62. The normalized spacial score (nSPS) is 14.6. The third-order valence-corrected chi connectivity index (χ3v) is 5.03. The van der Waals surface area contributed by atoms with Crippen molar-refractivity contribution >= 4 is 15.6 Å². The number of carbonyl (C=O) groups is 1. The van der Waals surface area contributed by atoms with E-state index >= 15 is 0 Å². The highest BCUT2D eigenvalue weighted by Crippen LogP contribution is 2.14. The Kier molecular flexibility index (Phi) is 11.1. The summed E-state index contributed by atoms with van der Waals surface area (Å²) in [5.74, 6) is -0.861. The lowest BCUT2D eigenvalue weighted by Crippen LogP contribution is -2.25. The predicted octanol–water partition coefficient (Wildman–Crippen LogP) is 2.77. The topological polar surface area (TPSA) is 83.5 Å². The van der Waals surface area contributed by atoms with E-state index < -0.39 is 27.6 Å². The molecule has 0 saturated heterocycles. The number of sulfone groups is 1. The molecule has 0 aliphatic carbocycles. The highest BCUT2D eigenvalue weighted by molar-refractivity contribution is 7.95. The maximum atomic E-state index is 12.3. The Labute approximate surface area is 156 Å². The van der Waals surface area contributed by atoms with Gasteiger partial charge in [0.15, 0.2) is 15.6 Å². The van der Waals surface area contributed by atoms with Crippen LogP contribution in [0.1, 0.15) is 13.3 Å². The average Bonchev–Trinajstić information content (AvgIpc) is 2.60. The maximum absolute atomic E-state index is 12.3. The molecular formula is C20H27NO4S. The monoisotopic (exact) mass is 377 g/mol. The number of ketones is 1. The summed E-state index contributed by atoms with van der Waals surface area (Å²) in [6.45, 7) is 12.4. The van der Waals surface area contributed by atoms with Crippen molar-refractivity contribution in [2.24, 2.45) is 0 Å². The molecule has 0 aromatic carbocycles. The Morgan fingerprint density at radius 1 is 1.27 bits per heavy atom. The minimum Gasteiger partial charge on any atom is -0.374 e. The Bertz CT molecular complexity index is 753. The molecule has 0 radical (unpaired) electrons. The van der Waals surface area contributed by atoms with Crippen LogP contribution in [0.4, 0.5) is 0 Å². The third-order valence-electron chi connectivity index (χ3n) is 3.28. The molecule has 0 aliphatic rings. The zero-order valence-electron chi connectivity index (χ0n) is 15.3. The summed E-state index contributed by atoms with van der Waals surface area (Å²) >= 11 is 0. The van der Waals surface area contributed by atoms with Crippen LogP contribution in [-0.4, -0.2) is 38.3 Å². The number of aliphatic hydroxyl groups excluding tert-OH is 1. The van der Waals surface area contributed by atoms with Gasteiger partial charge in [-0.15, -0.1) is 0 Å². The van der Waals surface area contributed by atoms with Crippen molar-refractivity contribution in [1.29, 1.82) is 0 Å². The van der Waals surface area contributed by atoms with Crippen LogP contribution in [0.3, 0.4) is 0 Å². The van der Waals surface area contributed by atoms with Gasteiger partial charge in [0.2, 0.25) is 0 Å². The van der Waals surface area contributed by atoms with Crippen LogP contribution in [-0.2, 0) is 14.6 Å². The van der Waals surface area contributed by atoms with Crippen molar-refractivity contribution in [3.05, 3.63) is 84.4 Å². The van der Waals surface area contributed by atoms with Gasteiger partial charge in [0.25, 0.3) is 0 Å². The first kappa shape index (κ1) is 23.7. The molecule has 5 nitrogen and oxygen atoms in total. The van der Waals surface area contributed by atoms with Gasteiger partial charge in [-0.1, -0.05) is 62.3 Å². The van der Waals surface area contributed by atoms with Gasteiger partial charge < -0.3 is 5.11 Å². The number of aliphatic hydroxyl groups is 1. The molecule has 0 saturated carbocycles. The van der Waals surface area contributed by atoms with E-state index in [-0.39, 0.29) is 16.9 Å². The molecular weight excluding hydrogens is 350 g/mol. The van der Waals surface area contributed by atoms with Gasteiger partial charge in [0, 0.05) is 12.0 Å². The van der Waals surface area contributed by atoms with E-state index in [2.05, 4.69) is 25.1 Å². The molecule has 0 heterocycles. The van der Waals surface area contributed by atoms with E-state index in [0.717, 1.165) is 0 Å². The minimum atomic E-state index is -3.68. The molecule has 142 valence electrons. The van der Waals surface area contributed by atoms with Gasteiger partial charge in [0.05, 0.1) is 10.7 Å². The van der Waals surface area contributed by atoms with Crippen molar-refractivity contribution in [3.8, 4) is 0 Å². The Morgan fingerprint density at radius 2 is 1.92 bits per heavy atom. The van der Waals surface area contributed by atoms with Crippen LogP contribution in [0, 0.1) is 0 Å². The van der Waals surface area contributed by atoms with Crippen molar-refractivity contribution < 1.29 is 18.3 Å². The lowest BCUT2D eigenvalue weighted by molar-refractivity contribution is -0.114. The lowest BCUT2D eigenvalue weighted by Gasteiger charge is -2.10. The van der Waals surface area contributed by atoms with E-state index in [0.29, 0.717) is 5.57 Å². The van der Waals surface area contributed by atoms with Crippen LogP contribution in [0.25, 0.3) is 0 Å². The molecule has 2 N–H and O–H groups in total. The minimum absolute atomic E-state index is 0.00806. The molecule has 0 bridgehead atoms. The van der Waals surface area contributed by atoms with Crippen LogP contribution >= 0.6 is 0 Å². The summed E-state index contributed by atoms with van der Waals surface area (Å²) in [6.07, 6.45) is 11.2. The SMILES string of the molecule is C=C/C=C(\C=C/CC(=O)C(=C)CS(=O)(=O)/C(C=C)=C/C=C/C)C(O)NC. The summed E-state index contributed by atoms with van der Waals surface area (Å²) in [6, 6.07) is 0. The van der Waals surface area contributed by atoms with Crippen molar-refractivity contribution in [1.82, 2.24) is 5.32 Å². The molecule has 0 fully saturated rings. The largest absolute Gasteiger partial charge is 0.374 e. The molecule has 0 spiro atoms. The predicted molar refractivity (Wildman–Crippen MR) is 108 cm³/mol. The van der Waals surface area contributed by atoms with Crippen molar-refractivity contribution in [2.45, 2.75) is 19.6 Å².